The maximum Gasteiger partial charge on any atom is 0.238 e. The minimum atomic E-state index is -0.269. The van der Waals surface area contributed by atoms with Gasteiger partial charge in [-0.3, -0.25) is 4.57 Å². The molecule has 0 radical (unpaired) electrons. The average Bonchev–Trinajstić information content (AvgIpc) is 3.97. The molecule has 0 saturated heterocycles. The van der Waals surface area contributed by atoms with Crippen molar-refractivity contribution in [3.8, 4) is 67.8 Å². The van der Waals surface area contributed by atoms with Crippen molar-refractivity contribution in [3.63, 3.8) is 0 Å². The fraction of sp³-hybridized carbons (Fsp3) is 0.0500. The van der Waals surface area contributed by atoms with Crippen molar-refractivity contribution < 1.29 is 0 Å². The number of benzene rings is 9. The monoisotopic (exact) mass is 831 g/mol. The van der Waals surface area contributed by atoms with Crippen LogP contribution >= 0.6 is 0 Å². The molecule has 9 aromatic carbocycles. The van der Waals surface area contributed by atoms with E-state index in [-0.39, 0.29) is 5.41 Å². The number of hydrogen-bond acceptors (Lipinski definition) is 3. The molecule has 0 fully saturated rings. The first-order valence-electron chi connectivity index (χ1n) is 22.3. The van der Waals surface area contributed by atoms with Crippen LogP contribution in [0.2, 0.25) is 0 Å². The van der Waals surface area contributed by atoms with Gasteiger partial charge >= 0.3 is 0 Å². The van der Waals surface area contributed by atoms with Crippen LogP contribution in [0.25, 0.3) is 111 Å². The van der Waals surface area contributed by atoms with Crippen LogP contribution in [0.3, 0.4) is 0 Å². The Kier molecular flexibility index (Phi) is 8.18. The molecule has 13 rings (SSSR count). The molecule has 306 valence electrons. The summed E-state index contributed by atoms with van der Waals surface area (Å²) >= 11 is 0. The SMILES string of the molecule is CC1(C)c2ccccc2-c2cccc(-c3nc(-c4ccccc4)nc(-n4c5ccccc5c5ccc6c7ccccc7n(-c7ccccc7-c7ccccc7-c7ccccc7)c6c54)n3)c21. The van der Waals surface area contributed by atoms with Gasteiger partial charge in [-0.15, -0.1) is 0 Å². The molecule has 0 saturated carbocycles. The van der Waals surface area contributed by atoms with E-state index in [4.69, 9.17) is 15.0 Å². The normalized spacial score (nSPS) is 12.9. The molecule has 5 nitrogen and oxygen atoms in total. The molecule has 0 atom stereocenters. The molecule has 1 aliphatic carbocycles. The maximum absolute atomic E-state index is 5.58. The first-order chi connectivity index (χ1) is 32.0. The highest BCUT2D eigenvalue weighted by Crippen LogP contribution is 2.52. The van der Waals surface area contributed by atoms with Gasteiger partial charge in [0.15, 0.2) is 11.6 Å². The fourth-order valence-corrected chi connectivity index (χ4v) is 10.8. The highest BCUT2D eigenvalue weighted by atomic mass is 15.2. The molecule has 12 aromatic rings. The summed E-state index contributed by atoms with van der Waals surface area (Å²) in [5.74, 6) is 1.84. The Labute approximate surface area is 376 Å². The number of hydrogen-bond donors (Lipinski definition) is 0. The second-order valence-corrected chi connectivity index (χ2v) is 17.5. The van der Waals surface area contributed by atoms with Crippen molar-refractivity contribution in [2.45, 2.75) is 19.3 Å². The molecule has 0 aliphatic heterocycles. The van der Waals surface area contributed by atoms with E-state index in [2.05, 4.69) is 217 Å². The Balaban J connectivity index is 1.15. The van der Waals surface area contributed by atoms with Crippen LogP contribution in [0, 0.1) is 0 Å². The van der Waals surface area contributed by atoms with Gasteiger partial charge in [-0.25, -0.2) is 4.98 Å². The lowest BCUT2D eigenvalue weighted by Gasteiger charge is -2.24. The van der Waals surface area contributed by atoms with E-state index in [1.807, 2.05) is 18.2 Å². The van der Waals surface area contributed by atoms with Gasteiger partial charge in [-0.05, 0) is 57.1 Å². The number of nitrogens with zero attached hydrogens (tertiary/aromatic N) is 5. The van der Waals surface area contributed by atoms with E-state index >= 15 is 0 Å². The van der Waals surface area contributed by atoms with Crippen LogP contribution < -0.4 is 0 Å². The van der Waals surface area contributed by atoms with Crippen molar-refractivity contribution in [1.29, 1.82) is 0 Å². The summed E-state index contributed by atoms with van der Waals surface area (Å²) in [5.41, 5.74) is 16.7. The third-order valence-electron chi connectivity index (χ3n) is 13.6. The Morgan fingerprint density at radius 1 is 0.338 bits per heavy atom. The van der Waals surface area contributed by atoms with E-state index in [0.29, 0.717) is 17.6 Å². The Hall–Kier alpha value is -8.41. The van der Waals surface area contributed by atoms with Gasteiger partial charge in [0.2, 0.25) is 5.95 Å². The molecule has 0 unspecified atom stereocenters. The molecule has 0 N–H and O–H groups in total. The second kappa shape index (κ2) is 14.3. The zero-order valence-electron chi connectivity index (χ0n) is 35.9. The molecular formula is C60H41N5. The van der Waals surface area contributed by atoms with Crippen LogP contribution in [0.5, 0.6) is 0 Å². The predicted octanol–water partition coefficient (Wildman–Crippen LogP) is 15.0. The van der Waals surface area contributed by atoms with Gasteiger partial charge in [0.25, 0.3) is 0 Å². The van der Waals surface area contributed by atoms with Gasteiger partial charge in [-0.1, -0.05) is 208 Å². The van der Waals surface area contributed by atoms with Gasteiger partial charge < -0.3 is 4.57 Å². The van der Waals surface area contributed by atoms with Crippen LogP contribution in [0.1, 0.15) is 25.0 Å². The summed E-state index contributed by atoms with van der Waals surface area (Å²) < 4.78 is 4.77. The molecule has 1 aliphatic rings. The minimum absolute atomic E-state index is 0.269. The minimum Gasteiger partial charge on any atom is -0.307 e. The molecule has 0 bridgehead atoms. The lowest BCUT2D eigenvalue weighted by molar-refractivity contribution is 0.661. The van der Waals surface area contributed by atoms with E-state index in [1.165, 1.54) is 44.3 Å². The summed E-state index contributed by atoms with van der Waals surface area (Å²) in [6, 6.07) is 76.0. The van der Waals surface area contributed by atoms with Crippen LogP contribution in [-0.4, -0.2) is 24.1 Å². The van der Waals surface area contributed by atoms with Crippen molar-refractivity contribution in [3.05, 3.63) is 223 Å². The summed E-state index contributed by atoms with van der Waals surface area (Å²) in [7, 11) is 0. The molecule has 65 heavy (non-hydrogen) atoms. The van der Waals surface area contributed by atoms with E-state index in [9.17, 15) is 0 Å². The van der Waals surface area contributed by atoms with Gasteiger partial charge in [-0.2, -0.15) is 9.97 Å². The van der Waals surface area contributed by atoms with Crippen molar-refractivity contribution in [2.24, 2.45) is 0 Å². The maximum atomic E-state index is 5.58. The fourth-order valence-electron chi connectivity index (χ4n) is 10.8. The first-order valence-corrected chi connectivity index (χ1v) is 22.3. The third-order valence-corrected chi connectivity index (χ3v) is 13.6. The number of rotatable bonds is 6. The predicted molar refractivity (Wildman–Crippen MR) is 268 cm³/mol. The number of aromatic nitrogens is 5. The first kappa shape index (κ1) is 37.2. The summed E-state index contributed by atoms with van der Waals surface area (Å²) in [4.78, 5) is 16.4. The standard InChI is InChI=1S/C60H41N5/c1-60(2)50-32-15-11-26-42(50)46-30-19-31-49(54(46)60)58-61-57(39-22-7-4-8-23-39)62-59(63-58)65-53-35-18-14-29-45(53)48-37-36-47-44-28-13-17-34-52(44)64(55(47)56(48)65)51-33-16-12-27-43(51)41-25-10-9-24-40(41)38-20-5-3-6-21-38/h3-37H,1-2H3. The second-order valence-electron chi connectivity index (χ2n) is 17.5. The molecular weight excluding hydrogens is 791 g/mol. The lowest BCUT2D eigenvalue weighted by Crippen LogP contribution is -2.17. The van der Waals surface area contributed by atoms with Crippen LogP contribution in [0.4, 0.5) is 0 Å². The quantitative estimate of drug-likeness (QED) is 0.168. The lowest BCUT2D eigenvalue weighted by atomic mass is 9.80. The highest BCUT2D eigenvalue weighted by molar-refractivity contribution is 6.24. The molecule has 0 amide bonds. The number of fused-ring (bicyclic) bond motifs is 10. The van der Waals surface area contributed by atoms with Gasteiger partial charge in [0, 0.05) is 43.7 Å². The largest absolute Gasteiger partial charge is 0.307 e. The summed E-state index contributed by atoms with van der Waals surface area (Å²) in [6.45, 7) is 4.64. The van der Waals surface area contributed by atoms with Crippen molar-refractivity contribution in [1.82, 2.24) is 24.1 Å². The van der Waals surface area contributed by atoms with Crippen LogP contribution in [0.15, 0.2) is 212 Å². The average molecular weight is 832 g/mol. The summed E-state index contributed by atoms with van der Waals surface area (Å²) in [6.07, 6.45) is 0. The molecule has 3 aromatic heterocycles. The molecule has 3 heterocycles. The van der Waals surface area contributed by atoms with Gasteiger partial charge in [0.05, 0.1) is 27.8 Å². The smallest absolute Gasteiger partial charge is 0.238 e. The van der Waals surface area contributed by atoms with Crippen molar-refractivity contribution in [2.75, 3.05) is 0 Å². The van der Waals surface area contributed by atoms with Crippen molar-refractivity contribution >= 4 is 43.6 Å². The Morgan fingerprint density at radius 3 is 1.57 bits per heavy atom. The van der Waals surface area contributed by atoms with E-state index < -0.39 is 0 Å². The highest BCUT2D eigenvalue weighted by Gasteiger charge is 2.38. The zero-order chi connectivity index (χ0) is 43.2. The zero-order valence-corrected chi connectivity index (χ0v) is 35.9. The topological polar surface area (TPSA) is 48.5 Å². The van der Waals surface area contributed by atoms with Crippen LogP contribution in [-0.2, 0) is 5.41 Å². The molecule has 0 spiro atoms. The molecule has 5 heteroatoms. The third kappa shape index (κ3) is 5.55. The Bertz CT molecular complexity index is 3860. The Morgan fingerprint density at radius 2 is 0.846 bits per heavy atom. The number of para-hydroxylation sites is 3. The summed E-state index contributed by atoms with van der Waals surface area (Å²) in [5, 5.41) is 4.58. The van der Waals surface area contributed by atoms with Gasteiger partial charge in [0.1, 0.15) is 0 Å². The van der Waals surface area contributed by atoms with E-state index in [0.717, 1.165) is 60.6 Å². The van der Waals surface area contributed by atoms with E-state index in [1.54, 1.807) is 0 Å².